The molecule has 3 aromatic rings. The number of nitrogens with zero attached hydrogens (tertiary/aromatic N) is 1. The van der Waals surface area contributed by atoms with Gasteiger partial charge in [0.1, 0.15) is 5.82 Å². The van der Waals surface area contributed by atoms with Gasteiger partial charge in [-0.1, -0.05) is 0 Å². The van der Waals surface area contributed by atoms with Crippen molar-refractivity contribution in [2.24, 2.45) is 0 Å². The first-order chi connectivity index (χ1) is 10.1. The van der Waals surface area contributed by atoms with Gasteiger partial charge in [-0.2, -0.15) is 11.3 Å². The Balaban J connectivity index is 2.07. The number of hydrogen-bond acceptors (Lipinski definition) is 5. The van der Waals surface area contributed by atoms with Crippen molar-refractivity contribution in [1.82, 2.24) is 4.98 Å². The molecule has 0 aliphatic carbocycles. The highest BCUT2D eigenvalue weighted by atomic mass is 32.1. The van der Waals surface area contributed by atoms with E-state index < -0.39 is 5.97 Å². The van der Waals surface area contributed by atoms with Crippen molar-refractivity contribution >= 4 is 17.3 Å². The molecule has 4 nitrogen and oxygen atoms in total. The monoisotopic (exact) mass is 302 g/mol. The Morgan fingerprint density at radius 1 is 1.24 bits per heavy atom. The number of rotatable bonds is 4. The summed E-state index contributed by atoms with van der Waals surface area (Å²) in [5.41, 5.74) is 1.64. The Morgan fingerprint density at radius 3 is 2.62 bits per heavy atom. The molecule has 0 N–H and O–H groups in total. The molecule has 2 aromatic heterocycles. The molecule has 0 aliphatic rings. The maximum absolute atomic E-state index is 12.9. The van der Waals surface area contributed by atoms with Crippen LogP contribution >= 0.6 is 11.3 Å². The van der Waals surface area contributed by atoms with Crippen LogP contribution in [-0.4, -0.2) is 11.0 Å². The van der Waals surface area contributed by atoms with Gasteiger partial charge in [-0.25, -0.2) is 9.37 Å². The summed E-state index contributed by atoms with van der Waals surface area (Å²) in [5, 5.41) is 14.5. The van der Waals surface area contributed by atoms with Crippen LogP contribution in [0.15, 0.2) is 45.5 Å². The normalized spacial score (nSPS) is 10.7. The predicted octanol–water partition coefficient (Wildman–Crippen LogP) is 2.50. The molecule has 0 atom stereocenters. The third-order valence-electron chi connectivity index (χ3n) is 2.88. The Bertz CT molecular complexity index is 763. The average molecular weight is 302 g/mol. The first-order valence-electron chi connectivity index (χ1n) is 6.11. The first-order valence-corrected chi connectivity index (χ1v) is 7.06. The van der Waals surface area contributed by atoms with Crippen LogP contribution in [0.2, 0.25) is 0 Å². The van der Waals surface area contributed by atoms with E-state index in [0.29, 0.717) is 17.0 Å². The predicted molar refractivity (Wildman–Crippen MR) is 73.9 cm³/mol. The second-order valence-corrected chi connectivity index (χ2v) is 5.14. The quantitative estimate of drug-likeness (QED) is 0.742. The number of oxazole rings is 1. The molecule has 0 amide bonds. The van der Waals surface area contributed by atoms with Crippen LogP contribution in [0, 0.1) is 5.82 Å². The summed E-state index contributed by atoms with van der Waals surface area (Å²) in [6.07, 6.45) is -0.337. The van der Waals surface area contributed by atoms with E-state index in [4.69, 9.17) is 4.42 Å². The van der Waals surface area contributed by atoms with Crippen molar-refractivity contribution in [3.8, 4) is 22.8 Å². The van der Waals surface area contributed by atoms with Gasteiger partial charge in [0, 0.05) is 28.9 Å². The number of aliphatic carboxylic acids is 1. The Labute approximate surface area is 123 Å². The molecule has 0 spiro atoms. The van der Waals surface area contributed by atoms with Gasteiger partial charge < -0.3 is 14.3 Å². The summed E-state index contributed by atoms with van der Waals surface area (Å²) in [7, 11) is 0. The fraction of sp³-hybridized carbons (Fsp3) is 0.0667. The molecular weight excluding hydrogens is 293 g/mol. The molecule has 0 aliphatic heterocycles. The smallest absolute Gasteiger partial charge is 0.227 e. The lowest BCUT2D eigenvalue weighted by atomic mass is 10.2. The largest absolute Gasteiger partial charge is 0.550 e. The van der Waals surface area contributed by atoms with Crippen LogP contribution in [0.25, 0.3) is 22.8 Å². The van der Waals surface area contributed by atoms with Crippen molar-refractivity contribution in [3.05, 3.63) is 52.6 Å². The standard InChI is InChI=1S/C15H10FNO3S/c16-11-3-1-9(2-4-11)15-17-12(7-13(18)19)14(20-15)10-5-6-21-8-10/h1-6,8H,7H2,(H,18,19)/p-1. The molecule has 2 heterocycles. The number of carboxylic acid groups (broad SMARTS) is 1. The molecule has 0 saturated carbocycles. The van der Waals surface area contributed by atoms with Crippen molar-refractivity contribution in [1.29, 1.82) is 0 Å². The van der Waals surface area contributed by atoms with Crippen molar-refractivity contribution in [2.45, 2.75) is 6.42 Å². The second-order valence-electron chi connectivity index (χ2n) is 4.36. The number of halogens is 1. The van der Waals surface area contributed by atoms with Gasteiger partial charge in [0.2, 0.25) is 5.89 Å². The molecule has 1 aromatic carbocycles. The third-order valence-corrected chi connectivity index (χ3v) is 3.57. The van der Waals surface area contributed by atoms with Gasteiger partial charge in [-0.3, -0.25) is 0 Å². The number of carbonyl (C=O) groups excluding carboxylic acids is 1. The van der Waals surface area contributed by atoms with Crippen LogP contribution in [0.1, 0.15) is 5.69 Å². The maximum Gasteiger partial charge on any atom is 0.227 e. The van der Waals surface area contributed by atoms with E-state index >= 15 is 0 Å². The second kappa shape index (κ2) is 5.49. The summed E-state index contributed by atoms with van der Waals surface area (Å²) in [5.74, 6) is -0.934. The van der Waals surface area contributed by atoms with Crippen LogP contribution in [0.5, 0.6) is 0 Å². The minimum absolute atomic E-state index is 0.257. The molecule has 0 bridgehead atoms. The number of hydrogen-bond donors (Lipinski definition) is 0. The van der Waals surface area contributed by atoms with Crippen molar-refractivity contribution in [3.63, 3.8) is 0 Å². The van der Waals surface area contributed by atoms with E-state index in [2.05, 4.69) is 4.98 Å². The molecular formula is C15H9FNO3S-. The zero-order chi connectivity index (χ0) is 14.8. The molecule has 21 heavy (non-hydrogen) atoms. The molecule has 3 rings (SSSR count). The third kappa shape index (κ3) is 2.85. The van der Waals surface area contributed by atoms with Crippen LogP contribution in [0.4, 0.5) is 4.39 Å². The maximum atomic E-state index is 12.9. The van der Waals surface area contributed by atoms with E-state index in [1.807, 2.05) is 16.8 Å². The highest BCUT2D eigenvalue weighted by Gasteiger charge is 2.16. The summed E-state index contributed by atoms with van der Waals surface area (Å²) >= 11 is 1.47. The summed E-state index contributed by atoms with van der Waals surface area (Å²) < 4.78 is 18.6. The number of aromatic nitrogens is 1. The lowest BCUT2D eigenvalue weighted by Gasteiger charge is -1.99. The van der Waals surface area contributed by atoms with Crippen molar-refractivity contribution < 1.29 is 18.7 Å². The van der Waals surface area contributed by atoms with Gasteiger partial charge in [0.25, 0.3) is 0 Å². The summed E-state index contributed by atoms with van der Waals surface area (Å²) in [6.45, 7) is 0. The minimum atomic E-state index is -1.23. The van der Waals surface area contributed by atoms with Gasteiger partial charge in [-0.15, -0.1) is 0 Å². The Morgan fingerprint density at radius 2 is 2.00 bits per heavy atom. The van der Waals surface area contributed by atoms with E-state index in [1.165, 1.54) is 35.6 Å². The van der Waals surface area contributed by atoms with Crippen molar-refractivity contribution in [2.75, 3.05) is 0 Å². The van der Waals surface area contributed by atoms with Gasteiger partial charge in [0.15, 0.2) is 5.76 Å². The van der Waals surface area contributed by atoms with E-state index in [9.17, 15) is 14.3 Å². The average Bonchev–Trinajstić information content (AvgIpc) is 3.08. The fourth-order valence-corrected chi connectivity index (χ4v) is 2.58. The summed E-state index contributed by atoms with van der Waals surface area (Å²) in [4.78, 5) is 15.0. The zero-order valence-corrected chi connectivity index (χ0v) is 11.5. The number of thiophene rings is 1. The van der Waals surface area contributed by atoms with E-state index in [-0.39, 0.29) is 18.1 Å². The topological polar surface area (TPSA) is 66.2 Å². The highest BCUT2D eigenvalue weighted by Crippen LogP contribution is 2.31. The minimum Gasteiger partial charge on any atom is -0.550 e. The van der Waals surface area contributed by atoms with E-state index in [0.717, 1.165) is 5.56 Å². The number of carbonyl (C=O) groups is 1. The Hall–Kier alpha value is -2.47. The number of carboxylic acids is 1. The first kappa shape index (κ1) is 13.5. The SMILES string of the molecule is O=C([O-])Cc1nc(-c2ccc(F)cc2)oc1-c1ccsc1. The molecule has 0 unspecified atom stereocenters. The zero-order valence-electron chi connectivity index (χ0n) is 10.7. The van der Waals surface area contributed by atoms with Gasteiger partial charge in [-0.05, 0) is 35.7 Å². The van der Waals surface area contributed by atoms with Crippen LogP contribution in [-0.2, 0) is 11.2 Å². The van der Waals surface area contributed by atoms with E-state index in [1.54, 1.807) is 0 Å². The lowest BCUT2D eigenvalue weighted by Crippen LogP contribution is -2.24. The molecule has 0 saturated heterocycles. The molecule has 106 valence electrons. The molecule has 0 fully saturated rings. The Kier molecular flexibility index (Phi) is 3.53. The van der Waals surface area contributed by atoms with Gasteiger partial charge >= 0.3 is 0 Å². The fourth-order valence-electron chi connectivity index (χ4n) is 1.94. The van der Waals surface area contributed by atoms with Crippen LogP contribution in [0.3, 0.4) is 0 Å². The lowest BCUT2D eigenvalue weighted by molar-refractivity contribution is -0.304. The molecule has 6 heteroatoms. The highest BCUT2D eigenvalue weighted by molar-refractivity contribution is 7.08. The van der Waals surface area contributed by atoms with Gasteiger partial charge in [0.05, 0.1) is 5.69 Å². The van der Waals surface area contributed by atoms with Crippen LogP contribution < -0.4 is 5.11 Å². The summed E-state index contributed by atoms with van der Waals surface area (Å²) in [6, 6.07) is 7.46. The molecule has 0 radical (unpaired) electrons. The number of benzene rings is 1.